The van der Waals surface area contributed by atoms with Crippen LogP contribution in [0.25, 0.3) is 33.1 Å². The molecule has 26 heavy (non-hydrogen) atoms. The Kier molecular flexibility index (Phi) is 3.42. The first-order valence-corrected chi connectivity index (χ1v) is 9.16. The number of aromatic nitrogens is 3. The van der Waals surface area contributed by atoms with Crippen molar-refractivity contribution in [3.05, 3.63) is 48.0 Å². The van der Waals surface area contributed by atoms with Crippen molar-refractivity contribution in [1.29, 1.82) is 0 Å². The Morgan fingerprint density at radius 3 is 2.73 bits per heavy atom. The van der Waals surface area contributed by atoms with Crippen LogP contribution in [0.3, 0.4) is 0 Å². The standard InChI is InChI=1S/C21H20N4O/c1-13-8-10-25(11-9-13)21(26)14-6-7-17-18(12-14)22-19-15-4-2-3-5-16(15)23-20(19)24-17/h2-7,12-13H,8-11H2,1H3,(H,23,24). The van der Waals surface area contributed by atoms with Gasteiger partial charge in [-0.05, 0) is 43.0 Å². The number of fused-ring (bicyclic) bond motifs is 4. The number of rotatable bonds is 1. The number of carbonyl (C=O) groups excluding carboxylic acids is 1. The molecule has 130 valence electrons. The summed E-state index contributed by atoms with van der Waals surface area (Å²) in [7, 11) is 0. The Labute approximate surface area is 151 Å². The van der Waals surface area contributed by atoms with Gasteiger partial charge < -0.3 is 9.88 Å². The molecule has 1 N–H and O–H groups in total. The van der Waals surface area contributed by atoms with Crippen molar-refractivity contribution < 1.29 is 4.79 Å². The van der Waals surface area contributed by atoms with E-state index in [4.69, 9.17) is 9.97 Å². The molecule has 5 nitrogen and oxygen atoms in total. The van der Waals surface area contributed by atoms with E-state index in [0.717, 1.165) is 59.0 Å². The number of aromatic amines is 1. The van der Waals surface area contributed by atoms with Gasteiger partial charge in [-0.1, -0.05) is 25.1 Å². The SMILES string of the molecule is CC1CCN(C(=O)c2ccc3nc4[nH]c5ccccc5c4nc3c2)CC1. The zero-order valence-electron chi connectivity index (χ0n) is 14.7. The van der Waals surface area contributed by atoms with Gasteiger partial charge >= 0.3 is 0 Å². The van der Waals surface area contributed by atoms with Crippen LogP contribution in [0.4, 0.5) is 0 Å². The fourth-order valence-electron chi connectivity index (χ4n) is 3.78. The average Bonchev–Trinajstić information content (AvgIpc) is 3.03. The van der Waals surface area contributed by atoms with Crippen molar-refractivity contribution >= 4 is 39.0 Å². The minimum Gasteiger partial charge on any atom is -0.339 e. The second-order valence-corrected chi connectivity index (χ2v) is 7.27. The third-order valence-corrected chi connectivity index (χ3v) is 5.42. The van der Waals surface area contributed by atoms with Crippen LogP contribution in [0.5, 0.6) is 0 Å². The molecule has 0 aliphatic carbocycles. The van der Waals surface area contributed by atoms with Gasteiger partial charge in [0, 0.05) is 29.6 Å². The summed E-state index contributed by atoms with van der Waals surface area (Å²) in [4.78, 5) is 27.6. The lowest BCUT2D eigenvalue weighted by atomic mass is 9.98. The number of piperidine rings is 1. The first-order valence-electron chi connectivity index (χ1n) is 9.16. The number of hydrogen-bond donors (Lipinski definition) is 1. The lowest BCUT2D eigenvalue weighted by Crippen LogP contribution is -2.37. The quantitative estimate of drug-likeness (QED) is 0.564. The number of para-hydroxylation sites is 1. The fourth-order valence-corrected chi connectivity index (χ4v) is 3.78. The predicted molar refractivity (Wildman–Crippen MR) is 103 cm³/mol. The van der Waals surface area contributed by atoms with Crippen LogP contribution in [-0.4, -0.2) is 38.8 Å². The van der Waals surface area contributed by atoms with E-state index >= 15 is 0 Å². The molecule has 2 aromatic carbocycles. The molecule has 1 saturated heterocycles. The average molecular weight is 344 g/mol. The summed E-state index contributed by atoms with van der Waals surface area (Å²) in [5.74, 6) is 0.802. The third kappa shape index (κ3) is 2.43. The summed E-state index contributed by atoms with van der Waals surface area (Å²) in [5.41, 5.74) is 4.91. The first-order chi connectivity index (χ1) is 12.7. The molecular weight excluding hydrogens is 324 g/mol. The summed E-state index contributed by atoms with van der Waals surface area (Å²) >= 11 is 0. The van der Waals surface area contributed by atoms with Gasteiger partial charge in [0.25, 0.3) is 5.91 Å². The molecule has 0 radical (unpaired) electrons. The molecule has 2 aromatic heterocycles. The van der Waals surface area contributed by atoms with E-state index in [-0.39, 0.29) is 5.91 Å². The summed E-state index contributed by atoms with van der Waals surface area (Å²) in [5, 5.41) is 1.05. The smallest absolute Gasteiger partial charge is 0.253 e. The van der Waals surface area contributed by atoms with Gasteiger partial charge in [0.05, 0.1) is 11.0 Å². The van der Waals surface area contributed by atoms with E-state index in [1.807, 2.05) is 47.4 Å². The van der Waals surface area contributed by atoms with Crippen LogP contribution < -0.4 is 0 Å². The van der Waals surface area contributed by atoms with Crippen molar-refractivity contribution in [3.63, 3.8) is 0 Å². The second kappa shape index (κ2) is 5.80. The molecule has 0 spiro atoms. The van der Waals surface area contributed by atoms with Crippen LogP contribution in [-0.2, 0) is 0 Å². The lowest BCUT2D eigenvalue weighted by molar-refractivity contribution is 0.0697. The Morgan fingerprint density at radius 1 is 1.08 bits per heavy atom. The maximum absolute atomic E-state index is 12.8. The topological polar surface area (TPSA) is 61.9 Å². The van der Waals surface area contributed by atoms with Gasteiger partial charge in [-0.2, -0.15) is 0 Å². The van der Waals surface area contributed by atoms with Crippen LogP contribution in [0.2, 0.25) is 0 Å². The summed E-state index contributed by atoms with van der Waals surface area (Å²) in [6.07, 6.45) is 2.16. The van der Waals surface area contributed by atoms with E-state index in [2.05, 4.69) is 11.9 Å². The fraction of sp³-hybridized carbons (Fsp3) is 0.286. The zero-order chi connectivity index (χ0) is 17.7. The van der Waals surface area contributed by atoms with E-state index in [1.165, 1.54) is 0 Å². The molecule has 1 aliphatic rings. The van der Waals surface area contributed by atoms with Crippen LogP contribution >= 0.6 is 0 Å². The minimum absolute atomic E-state index is 0.0969. The van der Waals surface area contributed by atoms with Crippen LogP contribution in [0.1, 0.15) is 30.1 Å². The molecule has 5 rings (SSSR count). The number of amides is 1. The molecule has 1 fully saturated rings. The lowest BCUT2D eigenvalue weighted by Gasteiger charge is -2.30. The number of benzene rings is 2. The second-order valence-electron chi connectivity index (χ2n) is 7.27. The third-order valence-electron chi connectivity index (χ3n) is 5.42. The number of H-pyrrole nitrogens is 1. The molecule has 0 saturated carbocycles. The number of carbonyl (C=O) groups is 1. The Hall–Kier alpha value is -2.95. The highest BCUT2D eigenvalue weighted by molar-refractivity contribution is 6.06. The molecule has 3 heterocycles. The maximum atomic E-state index is 12.8. The highest BCUT2D eigenvalue weighted by atomic mass is 16.2. The predicted octanol–water partition coefficient (Wildman–Crippen LogP) is 4.14. The van der Waals surface area contributed by atoms with Crippen LogP contribution in [0.15, 0.2) is 42.5 Å². The summed E-state index contributed by atoms with van der Waals surface area (Å²) < 4.78 is 0. The summed E-state index contributed by atoms with van der Waals surface area (Å²) in [6.45, 7) is 3.93. The molecule has 1 aliphatic heterocycles. The Morgan fingerprint density at radius 2 is 1.88 bits per heavy atom. The normalized spacial score (nSPS) is 16.0. The number of nitrogens with one attached hydrogen (secondary N) is 1. The molecule has 1 amide bonds. The minimum atomic E-state index is 0.0969. The monoisotopic (exact) mass is 344 g/mol. The number of hydrogen-bond acceptors (Lipinski definition) is 3. The highest BCUT2D eigenvalue weighted by Crippen LogP contribution is 2.25. The molecular formula is C21H20N4O. The van der Waals surface area contributed by atoms with Gasteiger partial charge in [-0.25, -0.2) is 9.97 Å². The molecule has 0 atom stereocenters. The van der Waals surface area contributed by atoms with Gasteiger partial charge in [-0.15, -0.1) is 0 Å². The van der Waals surface area contributed by atoms with E-state index in [0.29, 0.717) is 11.5 Å². The Bertz CT molecular complexity index is 1140. The van der Waals surface area contributed by atoms with E-state index in [9.17, 15) is 4.79 Å². The van der Waals surface area contributed by atoms with Gasteiger partial charge in [-0.3, -0.25) is 4.79 Å². The van der Waals surface area contributed by atoms with E-state index < -0.39 is 0 Å². The zero-order valence-corrected chi connectivity index (χ0v) is 14.7. The summed E-state index contributed by atoms with van der Waals surface area (Å²) in [6, 6.07) is 13.7. The number of nitrogens with zero attached hydrogens (tertiary/aromatic N) is 3. The van der Waals surface area contributed by atoms with Crippen molar-refractivity contribution in [1.82, 2.24) is 19.9 Å². The Balaban J connectivity index is 1.58. The molecule has 0 unspecified atom stereocenters. The van der Waals surface area contributed by atoms with Gasteiger partial charge in [0.15, 0.2) is 5.65 Å². The van der Waals surface area contributed by atoms with Gasteiger partial charge in [0.1, 0.15) is 5.52 Å². The highest BCUT2D eigenvalue weighted by Gasteiger charge is 2.22. The van der Waals surface area contributed by atoms with Crippen molar-refractivity contribution in [3.8, 4) is 0 Å². The van der Waals surface area contributed by atoms with Crippen molar-refractivity contribution in [2.24, 2.45) is 5.92 Å². The molecule has 5 heteroatoms. The maximum Gasteiger partial charge on any atom is 0.253 e. The van der Waals surface area contributed by atoms with Crippen LogP contribution in [0, 0.1) is 5.92 Å². The number of likely N-dealkylation sites (tertiary alicyclic amines) is 1. The van der Waals surface area contributed by atoms with Crippen molar-refractivity contribution in [2.75, 3.05) is 13.1 Å². The van der Waals surface area contributed by atoms with E-state index in [1.54, 1.807) is 0 Å². The first kappa shape index (κ1) is 15.3. The van der Waals surface area contributed by atoms with Crippen molar-refractivity contribution in [2.45, 2.75) is 19.8 Å². The molecule has 4 aromatic rings. The largest absolute Gasteiger partial charge is 0.339 e. The van der Waals surface area contributed by atoms with Gasteiger partial charge in [0.2, 0.25) is 0 Å². The molecule has 0 bridgehead atoms.